The second-order valence-electron chi connectivity index (χ2n) is 4.28. The minimum absolute atomic E-state index is 0.240. The van der Waals surface area contributed by atoms with Crippen molar-refractivity contribution in [3.63, 3.8) is 0 Å². The number of para-hydroxylation sites is 1. The molecule has 0 bridgehead atoms. The van der Waals surface area contributed by atoms with Gasteiger partial charge in [-0.15, -0.1) is 0 Å². The standard InChI is InChI=1S/C15H9BrN2O2/c16-12-5-1-4-10-11(15(20)18-14(10)12)7-13(19)9-3-2-6-17-8-9/h1-8H,(H,18,20). The zero-order chi connectivity index (χ0) is 14.1. The third kappa shape index (κ3) is 2.16. The van der Waals surface area contributed by atoms with Crippen LogP contribution in [0.2, 0.25) is 0 Å². The Morgan fingerprint density at radius 1 is 1.25 bits per heavy atom. The Balaban J connectivity index is 2.04. The van der Waals surface area contributed by atoms with E-state index in [1.165, 1.54) is 12.3 Å². The van der Waals surface area contributed by atoms with Crippen LogP contribution in [0.5, 0.6) is 0 Å². The second-order valence-corrected chi connectivity index (χ2v) is 5.13. The highest BCUT2D eigenvalue weighted by Crippen LogP contribution is 2.37. The molecule has 1 aliphatic rings. The number of allylic oxidation sites excluding steroid dienone is 1. The third-order valence-corrected chi connectivity index (χ3v) is 3.67. The van der Waals surface area contributed by atoms with Crippen LogP contribution in [0.4, 0.5) is 5.69 Å². The van der Waals surface area contributed by atoms with Crippen molar-refractivity contribution in [3.05, 3.63) is 64.4 Å². The van der Waals surface area contributed by atoms with Crippen LogP contribution in [0.15, 0.2) is 53.3 Å². The Labute approximate surface area is 123 Å². The predicted octanol–water partition coefficient (Wildman–Crippen LogP) is 3.06. The Morgan fingerprint density at radius 3 is 2.85 bits per heavy atom. The molecule has 0 saturated carbocycles. The van der Waals surface area contributed by atoms with Gasteiger partial charge in [0.15, 0.2) is 5.78 Å². The molecule has 2 heterocycles. The molecule has 0 atom stereocenters. The lowest BCUT2D eigenvalue weighted by Crippen LogP contribution is -2.06. The Bertz CT molecular complexity index is 739. The molecule has 4 nitrogen and oxygen atoms in total. The average Bonchev–Trinajstić information content (AvgIpc) is 2.78. The van der Waals surface area contributed by atoms with Gasteiger partial charge in [0.05, 0.1) is 11.3 Å². The summed E-state index contributed by atoms with van der Waals surface area (Å²) in [5, 5.41) is 2.75. The number of nitrogens with one attached hydrogen (secondary N) is 1. The third-order valence-electron chi connectivity index (χ3n) is 3.01. The SMILES string of the molecule is O=C1Nc2c(Br)cccc2C1=CC(=O)c1cccnc1. The first-order chi connectivity index (χ1) is 9.66. The van der Waals surface area contributed by atoms with E-state index >= 15 is 0 Å². The Hall–Kier alpha value is -2.27. The molecule has 1 N–H and O–H groups in total. The van der Waals surface area contributed by atoms with Crippen LogP contribution in [0.1, 0.15) is 15.9 Å². The van der Waals surface area contributed by atoms with Gasteiger partial charge >= 0.3 is 0 Å². The molecule has 0 fully saturated rings. The fourth-order valence-electron chi connectivity index (χ4n) is 2.05. The average molecular weight is 329 g/mol. The number of ketones is 1. The van der Waals surface area contributed by atoms with E-state index in [2.05, 4.69) is 26.2 Å². The number of aromatic nitrogens is 1. The largest absolute Gasteiger partial charge is 0.320 e. The number of hydrogen-bond acceptors (Lipinski definition) is 3. The topological polar surface area (TPSA) is 59.1 Å². The van der Waals surface area contributed by atoms with Crippen molar-refractivity contribution < 1.29 is 9.59 Å². The number of hydrogen-bond donors (Lipinski definition) is 1. The molecule has 1 amide bonds. The highest BCUT2D eigenvalue weighted by molar-refractivity contribution is 9.10. The number of halogens is 1. The molecule has 0 spiro atoms. The van der Waals surface area contributed by atoms with Gasteiger partial charge in [-0.25, -0.2) is 0 Å². The van der Waals surface area contributed by atoms with Crippen LogP contribution in [0.3, 0.4) is 0 Å². The number of carbonyl (C=O) groups excluding carboxylic acids is 2. The minimum Gasteiger partial charge on any atom is -0.320 e. The van der Waals surface area contributed by atoms with Crippen molar-refractivity contribution in [3.8, 4) is 0 Å². The van der Waals surface area contributed by atoms with Crippen molar-refractivity contribution in [1.29, 1.82) is 0 Å². The summed E-state index contributed by atoms with van der Waals surface area (Å²) in [5.41, 5.74) is 2.25. The summed E-state index contributed by atoms with van der Waals surface area (Å²) in [6.07, 6.45) is 4.43. The molecule has 1 aromatic heterocycles. The van der Waals surface area contributed by atoms with Crippen molar-refractivity contribution in [2.45, 2.75) is 0 Å². The van der Waals surface area contributed by atoms with E-state index in [1.807, 2.05) is 12.1 Å². The zero-order valence-electron chi connectivity index (χ0n) is 10.3. The second kappa shape index (κ2) is 5.02. The lowest BCUT2D eigenvalue weighted by Gasteiger charge is -2.00. The van der Waals surface area contributed by atoms with Crippen LogP contribution in [-0.4, -0.2) is 16.7 Å². The van der Waals surface area contributed by atoms with Gasteiger partial charge < -0.3 is 5.32 Å². The van der Waals surface area contributed by atoms with Gasteiger partial charge in [0.25, 0.3) is 5.91 Å². The molecule has 98 valence electrons. The van der Waals surface area contributed by atoms with E-state index in [9.17, 15) is 9.59 Å². The van der Waals surface area contributed by atoms with Gasteiger partial charge in [-0.3, -0.25) is 14.6 Å². The van der Waals surface area contributed by atoms with Crippen molar-refractivity contribution in [1.82, 2.24) is 4.98 Å². The fourth-order valence-corrected chi connectivity index (χ4v) is 2.51. The summed E-state index contributed by atoms with van der Waals surface area (Å²) in [6.45, 7) is 0. The smallest absolute Gasteiger partial charge is 0.256 e. The van der Waals surface area contributed by atoms with Gasteiger partial charge in [0.2, 0.25) is 0 Å². The maximum absolute atomic E-state index is 12.1. The molecule has 3 rings (SSSR count). The number of nitrogens with zero attached hydrogens (tertiary/aromatic N) is 1. The summed E-state index contributed by atoms with van der Waals surface area (Å²) in [5.74, 6) is -0.514. The molecule has 2 aromatic rings. The van der Waals surface area contributed by atoms with Crippen LogP contribution >= 0.6 is 15.9 Å². The molecule has 20 heavy (non-hydrogen) atoms. The molecule has 5 heteroatoms. The van der Waals surface area contributed by atoms with E-state index in [-0.39, 0.29) is 11.7 Å². The van der Waals surface area contributed by atoms with Gasteiger partial charge in [-0.2, -0.15) is 0 Å². The molecule has 0 saturated heterocycles. The van der Waals surface area contributed by atoms with Gasteiger partial charge in [-0.1, -0.05) is 12.1 Å². The lowest BCUT2D eigenvalue weighted by molar-refractivity contribution is -0.110. The number of anilines is 1. The van der Waals surface area contributed by atoms with Crippen molar-refractivity contribution in [2.75, 3.05) is 5.32 Å². The first-order valence-corrected chi connectivity index (χ1v) is 6.72. The maximum Gasteiger partial charge on any atom is 0.256 e. The predicted molar refractivity (Wildman–Crippen MR) is 79.3 cm³/mol. The molecular formula is C15H9BrN2O2. The molecule has 0 radical (unpaired) electrons. The van der Waals surface area contributed by atoms with Gasteiger partial charge in [0, 0.05) is 28.0 Å². The normalized spacial score (nSPS) is 15.1. The summed E-state index contributed by atoms with van der Waals surface area (Å²) in [4.78, 5) is 28.0. The Morgan fingerprint density at radius 2 is 2.10 bits per heavy atom. The molecular weight excluding hydrogens is 320 g/mol. The number of benzene rings is 1. The first-order valence-electron chi connectivity index (χ1n) is 5.93. The quantitative estimate of drug-likeness (QED) is 0.680. The van der Waals surface area contributed by atoms with E-state index in [0.29, 0.717) is 16.8 Å². The number of fused-ring (bicyclic) bond motifs is 1. The Kier molecular flexibility index (Phi) is 3.20. The lowest BCUT2D eigenvalue weighted by atomic mass is 10.0. The van der Waals surface area contributed by atoms with E-state index < -0.39 is 0 Å². The first kappa shape index (κ1) is 12.7. The van der Waals surface area contributed by atoms with Crippen LogP contribution in [0.25, 0.3) is 5.57 Å². The number of rotatable bonds is 2. The van der Waals surface area contributed by atoms with Crippen LogP contribution in [0, 0.1) is 0 Å². The van der Waals surface area contributed by atoms with Gasteiger partial charge in [0.1, 0.15) is 0 Å². The molecule has 1 aliphatic heterocycles. The fraction of sp³-hybridized carbons (Fsp3) is 0. The van der Waals surface area contributed by atoms with Crippen LogP contribution in [-0.2, 0) is 4.79 Å². The summed E-state index contributed by atoms with van der Waals surface area (Å²) in [7, 11) is 0. The van der Waals surface area contributed by atoms with Crippen molar-refractivity contribution in [2.24, 2.45) is 0 Å². The van der Waals surface area contributed by atoms with Gasteiger partial charge in [-0.05, 0) is 40.2 Å². The minimum atomic E-state index is -0.274. The summed E-state index contributed by atoms with van der Waals surface area (Å²) in [6, 6.07) is 8.82. The molecule has 0 aliphatic carbocycles. The summed E-state index contributed by atoms with van der Waals surface area (Å²) >= 11 is 3.38. The number of pyridine rings is 1. The van der Waals surface area contributed by atoms with Crippen molar-refractivity contribution >= 4 is 38.9 Å². The maximum atomic E-state index is 12.1. The summed E-state index contributed by atoms with van der Waals surface area (Å²) < 4.78 is 0.792. The zero-order valence-corrected chi connectivity index (χ0v) is 11.8. The van der Waals surface area contributed by atoms with E-state index in [1.54, 1.807) is 24.4 Å². The number of carbonyl (C=O) groups is 2. The molecule has 0 unspecified atom stereocenters. The van der Waals surface area contributed by atoms with E-state index in [4.69, 9.17) is 0 Å². The van der Waals surface area contributed by atoms with Crippen LogP contribution < -0.4 is 5.32 Å². The number of amides is 1. The highest BCUT2D eigenvalue weighted by atomic mass is 79.9. The monoisotopic (exact) mass is 328 g/mol. The highest BCUT2D eigenvalue weighted by Gasteiger charge is 2.26. The molecule has 1 aromatic carbocycles. The van der Waals surface area contributed by atoms with E-state index in [0.717, 1.165) is 10.0 Å².